The summed E-state index contributed by atoms with van der Waals surface area (Å²) < 4.78 is 4.87. The van der Waals surface area contributed by atoms with Crippen LogP contribution in [-0.4, -0.2) is 16.2 Å². The molecule has 0 spiro atoms. The molecule has 0 unspecified atom stereocenters. The molecule has 0 aliphatic rings. The van der Waals surface area contributed by atoms with E-state index >= 15 is 0 Å². The first-order valence-corrected chi connectivity index (χ1v) is 4.94. The van der Waals surface area contributed by atoms with Gasteiger partial charge in [-0.05, 0) is 12.1 Å². The average molecular weight is 236 g/mol. The first-order valence-electron chi connectivity index (χ1n) is 4.41. The number of hydrogen-bond donors (Lipinski definition) is 0. The molecule has 0 amide bonds. The molecule has 2 aromatic rings. The number of carbonyl (C=O) groups excluding carboxylic acids is 1. The van der Waals surface area contributed by atoms with E-state index in [1.54, 1.807) is 24.3 Å². The summed E-state index contributed by atoms with van der Waals surface area (Å²) in [5.74, 6) is 0.818. The minimum atomic E-state index is 0.145. The van der Waals surface area contributed by atoms with Crippen LogP contribution in [0.4, 0.5) is 5.69 Å². The van der Waals surface area contributed by atoms with Gasteiger partial charge >= 0.3 is 0 Å². The lowest BCUT2D eigenvalue weighted by Gasteiger charge is -1.96. The molecule has 0 saturated carbocycles. The van der Waals surface area contributed by atoms with Crippen LogP contribution in [0.15, 0.2) is 33.8 Å². The van der Waals surface area contributed by atoms with Crippen LogP contribution in [0.1, 0.15) is 5.89 Å². The second-order valence-electron chi connectivity index (χ2n) is 2.87. The van der Waals surface area contributed by atoms with Crippen LogP contribution in [0.5, 0.6) is 0 Å². The largest absolute Gasteiger partial charge is 0.338 e. The van der Waals surface area contributed by atoms with Crippen LogP contribution in [-0.2, 0) is 10.7 Å². The van der Waals surface area contributed by atoms with Gasteiger partial charge in [-0.1, -0.05) is 17.3 Å². The first-order chi connectivity index (χ1) is 7.85. The Kier molecular flexibility index (Phi) is 3.10. The fraction of sp³-hybridized carbons (Fsp3) is 0.100. The highest BCUT2D eigenvalue weighted by Crippen LogP contribution is 2.27. The summed E-state index contributed by atoms with van der Waals surface area (Å²) >= 11 is 5.55. The van der Waals surface area contributed by atoms with Gasteiger partial charge < -0.3 is 4.52 Å². The second-order valence-corrected chi connectivity index (χ2v) is 3.13. The van der Waals surface area contributed by atoms with Crippen LogP contribution in [0.25, 0.3) is 11.4 Å². The van der Waals surface area contributed by atoms with Crippen molar-refractivity contribution in [1.29, 1.82) is 0 Å². The van der Waals surface area contributed by atoms with Gasteiger partial charge in [-0.2, -0.15) is 9.98 Å². The van der Waals surface area contributed by atoms with Gasteiger partial charge in [0.15, 0.2) is 0 Å². The van der Waals surface area contributed by atoms with Gasteiger partial charge in [-0.15, -0.1) is 11.6 Å². The van der Waals surface area contributed by atoms with Crippen molar-refractivity contribution in [2.24, 2.45) is 4.99 Å². The molecule has 0 saturated heterocycles. The van der Waals surface area contributed by atoms with Crippen LogP contribution < -0.4 is 0 Å². The van der Waals surface area contributed by atoms with E-state index in [9.17, 15) is 4.79 Å². The Morgan fingerprint density at radius 1 is 1.44 bits per heavy atom. The van der Waals surface area contributed by atoms with E-state index in [1.165, 1.54) is 6.08 Å². The van der Waals surface area contributed by atoms with Crippen molar-refractivity contribution in [3.63, 3.8) is 0 Å². The lowest BCUT2D eigenvalue weighted by molar-refractivity contribution is 0.391. The number of nitrogens with zero attached hydrogens (tertiary/aromatic N) is 3. The molecular weight excluding hydrogens is 230 g/mol. The molecule has 1 aromatic carbocycles. The molecule has 16 heavy (non-hydrogen) atoms. The zero-order chi connectivity index (χ0) is 11.4. The zero-order valence-corrected chi connectivity index (χ0v) is 8.81. The smallest absolute Gasteiger partial charge is 0.241 e. The van der Waals surface area contributed by atoms with Crippen LogP contribution >= 0.6 is 11.6 Å². The van der Waals surface area contributed by atoms with Gasteiger partial charge in [0, 0.05) is 5.56 Å². The summed E-state index contributed by atoms with van der Waals surface area (Å²) in [6.45, 7) is 0. The number of halogens is 1. The summed E-state index contributed by atoms with van der Waals surface area (Å²) in [4.78, 5) is 17.8. The van der Waals surface area contributed by atoms with Crippen LogP contribution in [0, 0.1) is 0 Å². The van der Waals surface area contributed by atoms with Gasteiger partial charge in [0.1, 0.15) is 5.88 Å². The first kappa shape index (κ1) is 10.5. The third-order valence-electron chi connectivity index (χ3n) is 1.89. The molecule has 1 heterocycles. The van der Waals surface area contributed by atoms with Gasteiger partial charge in [0.2, 0.25) is 17.8 Å². The van der Waals surface area contributed by atoms with Crippen LogP contribution in [0.2, 0.25) is 0 Å². The van der Waals surface area contributed by atoms with Gasteiger partial charge in [-0.25, -0.2) is 4.79 Å². The SMILES string of the molecule is O=C=Nc1ccccc1-c1noc(CCl)n1. The summed E-state index contributed by atoms with van der Waals surface area (Å²) in [7, 11) is 0. The van der Waals surface area contributed by atoms with E-state index in [2.05, 4.69) is 15.1 Å². The molecule has 5 nitrogen and oxygen atoms in total. The number of para-hydroxylation sites is 1. The van der Waals surface area contributed by atoms with E-state index in [1.807, 2.05) is 0 Å². The zero-order valence-electron chi connectivity index (χ0n) is 8.05. The molecule has 0 aliphatic heterocycles. The maximum Gasteiger partial charge on any atom is 0.241 e. The molecule has 0 fully saturated rings. The molecule has 6 heteroatoms. The Morgan fingerprint density at radius 2 is 2.25 bits per heavy atom. The molecule has 0 bridgehead atoms. The summed E-state index contributed by atoms with van der Waals surface area (Å²) in [5, 5.41) is 3.74. The lowest BCUT2D eigenvalue weighted by atomic mass is 10.2. The summed E-state index contributed by atoms with van der Waals surface area (Å²) in [5.41, 5.74) is 1.05. The standard InChI is InChI=1S/C10H6ClN3O2/c11-5-9-13-10(14-16-9)7-3-1-2-4-8(7)12-6-15/h1-4H,5H2. The second kappa shape index (κ2) is 4.70. The molecule has 1 aromatic heterocycles. The maximum absolute atomic E-state index is 10.2. The van der Waals surface area contributed by atoms with Crippen molar-refractivity contribution in [2.45, 2.75) is 5.88 Å². The van der Waals surface area contributed by atoms with Crippen molar-refractivity contribution in [3.05, 3.63) is 30.2 Å². The van der Waals surface area contributed by atoms with E-state index in [-0.39, 0.29) is 5.88 Å². The Bertz CT molecular complexity index is 547. The topological polar surface area (TPSA) is 68.3 Å². The molecule has 80 valence electrons. The molecular formula is C10H6ClN3O2. The van der Waals surface area contributed by atoms with E-state index in [0.717, 1.165) is 0 Å². The van der Waals surface area contributed by atoms with Gasteiger partial charge in [0.25, 0.3) is 0 Å². The summed E-state index contributed by atoms with van der Waals surface area (Å²) in [6.07, 6.45) is 1.48. The number of benzene rings is 1. The Hall–Kier alpha value is -1.97. The van der Waals surface area contributed by atoms with Crippen molar-refractivity contribution < 1.29 is 9.32 Å². The predicted molar refractivity (Wildman–Crippen MR) is 57.1 cm³/mol. The molecule has 2 rings (SSSR count). The summed E-state index contributed by atoms with van der Waals surface area (Å²) in [6, 6.07) is 6.94. The maximum atomic E-state index is 10.2. The predicted octanol–water partition coefficient (Wildman–Crippen LogP) is 2.44. The molecule has 0 radical (unpaired) electrons. The van der Waals surface area contributed by atoms with Crippen molar-refractivity contribution >= 4 is 23.4 Å². The normalized spacial score (nSPS) is 9.81. The molecule has 0 N–H and O–H groups in total. The minimum absolute atomic E-state index is 0.145. The van der Waals surface area contributed by atoms with E-state index in [4.69, 9.17) is 16.1 Å². The van der Waals surface area contributed by atoms with E-state index in [0.29, 0.717) is 23.0 Å². The highest BCUT2D eigenvalue weighted by Gasteiger charge is 2.11. The van der Waals surface area contributed by atoms with Gasteiger partial charge in [0.05, 0.1) is 5.69 Å². The highest BCUT2D eigenvalue weighted by molar-refractivity contribution is 6.16. The average Bonchev–Trinajstić information content (AvgIpc) is 2.79. The number of aromatic nitrogens is 2. The number of isocyanates is 1. The minimum Gasteiger partial charge on any atom is -0.338 e. The molecule has 0 atom stereocenters. The fourth-order valence-corrected chi connectivity index (χ4v) is 1.34. The Morgan fingerprint density at radius 3 is 2.94 bits per heavy atom. The third kappa shape index (κ3) is 2.00. The highest BCUT2D eigenvalue weighted by atomic mass is 35.5. The number of alkyl halides is 1. The van der Waals surface area contributed by atoms with Crippen molar-refractivity contribution in [1.82, 2.24) is 10.1 Å². The third-order valence-corrected chi connectivity index (χ3v) is 2.12. The van der Waals surface area contributed by atoms with E-state index < -0.39 is 0 Å². The molecule has 0 aliphatic carbocycles. The number of rotatable bonds is 3. The van der Waals surface area contributed by atoms with Crippen molar-refractivity contribution in [3.8, 4) is 11.4 Å². The Labute approximate surface area is 95.8 Å². The lowest BCUT2D eigenvalue weighted by Crippen LogP contribution is -1.82. The number of hydrogen-bond acceptors (Lipinski definition) is 5. The van der Waals surface area contributed by atoms with Crippen molar-refractivity contribution in [2.75, 3.05) is 0 Å². The quantitative estimate of drug-likeness (QED) is 0.466. The number of aliphatic imine (C=N–C) groups is 1. The monoisotopic (exact) mass is 235 g/mol. The fourth-order valence-electron chi connectivity index (χ4n) is 1.23. The Balaban J connectivity index is 2.50. The van der Waals surface area contributed by atoms with Gasteiger partial charge in [-0.3, -0.25) is 0 Å². The van der Waals surface area contributed by atoms with Crippen LogP contribution in [0.3, 0.4) is 0 Å².